The molecule has 1 aliphatic rings. The molecule has 0 radical (unpaired) electrons. The number of sulfone groups is 1. The lowest BCUT2D eigenvalue weighted by Crippen LogP contribution is -2.31. The number of ether oxygens (including phenoxy) is 1. The van der Waals surface area contributed by atoms with Crippen LogP contribution < -0.4 is 4.74 Å². The molecule has 7 heteroatoms. The number of para-hydroxylation sites is 1. The quantitative estimate of drug-likeness (QED) is 0.769. The largest absolute Gasteiger partial charge is 0.494 e. The van der Waals surface area contributed by atoms with Gasteiger partial charge in [-0.1, -0.05) is 18.2 Å². The van der Waals surface area contributed by atoms with Crippen molar-refractivity contribution in [3.63, 3.8) is 0 Å². The van der Waals surface area contributed by atoms with Crippen molar-refractivity contribution in [3.05, 3.63) is 47.3 Å². The third kappa shape index (κ3) is 3.73. The molecule has 3 rings (SSSR count). The number of aromatic nitrogens is 2. The van der Waals surface area contributed by atoms with Gasteiger partial charge in [0.25, 0.3) is 0 Å². The number of hydrogen-bond donors (Lipinski definition) is 0. The van der Waals surface area contributed by atoms with Gasteiger partial charge in [0.1, 0.15) is 5.75 Å². The molecule has 0 N–H and O–H groups in total. The van der Waals surface area contributed by atoms with Crippen LogP contribution >= 0.6 is 0 Å². The van der Waals surface area contributed by atoms with Crippen molar-refractivity contribution in [2.24, 2.45) is 0 Å². The second kappa shape index (κ2) is 6.86. The highest BCUT2D eigenvalue weighted by Crippen LogP contribution is 2.24. The topological polar surface area (TPSA) is 72.4 Å². The molecule has 0 aliphatic carbocycles. The smallest absolute Gasteiger partial charge is 0.246 e. The highest BCUT2D eigenvalue weighted by molar-refractivity contribution is 7.90. The lowest BCUT2D eigenvalue weighted by atomic mass is 10.1. The molecule has 1 aliphatic heterocycles. The van der Waals surface area contributed by atoms with Gasteiger partial charge in [-0.3, -0.25) is 4.90 Å². The third-order valence-electron chi connectivity index (χ3n) is 3.99. The molecule has 0 saturated carbocycles. The highest BCUT2D eigenvalue weighted by Gasteiger charge is 2.21. The summed E-state index contributed by atoms with van der Waals surface area (Å²) in [4.78, 5) is 10.5. The monoisotopic (exact) mass is 347 g/mol. The van der Waals surface area contributed by atoms with Crippen LogP contribution in [0, 0.1) is 0 Å². The molecule has 128 valence electrons. The Bertz CT molecular complexity index is 837. The van der Waals surface area contributed by atoms with Crippen LogP contribution in [0.1, 0.15) is 23.7 Å². The fourth-order valence-corrected chi connectivity index (χ4v) is 3.36. The second-order valence-electron chi connectivity index (χ2n) is 5.90. The number of hydrogen-bond acceptors (Lipinski definition) is 6. The van der Waals surface area contributed by atoms with Crippen molar-refractivity contribution in [2.45, 2.75) is 31.6 Å². The van der Waals surface area contributed by atoms with Gasteiger partial charge in [0, 0.05) is 49.6 Å². The molecule has 0 spiro atoms. The van der Waals surface area contributed by atoms with E-state index in [0.29, 0.717) is 13.2 Å². The van der Waals surface area contributed by atoms with Crippen LogP contribution in [-0.2, 0) is 29.3 Å². The van der Waals surface area contributed by atoms with E-state index in [4.69, 9.17) is 4.74 Å². The van der Waals surface area contributed by atoms with Crippen molar-refractivity contribution in [1.82, 2.24) is 14.9 Å². The van der Waals surface area contributed by atoms with Crippen molar-refractivity contribution >= 4 is 9.84 Å². The van der Waals surface area contributed by atoms with Crippen LogP contribution in [0.5, 0.6) is 5.75 Å². The number of nitrogens with zero attached hydrogens (tertiary/aromatic N) is 3. The minimum atomic E-state index is -3.36. The van der Waals surface area contributed by atoms with Crippen molar-refractivity contribution < 1.29 is 13.2 Å². The van der Waals surface area contributed by atoms with E-state index in [1.54, 1.807) is 6.20 Å². The molecule has 2 heterocycles. The molecule has 2 aromatic rings. The second-order valence-corrected chi connectivity index (χ2v) is 7.81. The first kappa shape index (κ1) is 16.9. The lowest BCUT2D eigenvalue weighted by molar-refractivity contribution is 0.236. The van der Waals surface area contributed by atoms with Gasteiger partial charge in [-0.25, -0.2) is 18.4 Å². The number of fused-ring (bicyclic) bond motifs is 1. The highest BCUT2D eigenvalue weighted by atomic mass is 32.2. The maximum absolute atomic E-state index is 11.6. The molecule has 6 nitrogen and oxygen atoms in total. The third-order valence-corrected chi connectivity index (χ3v) is 4.85. The van der Waals surface area contributed by atoms with Gasteiger partial charge in [-0.15, -0.1) is 0 Å². The van der Waals surface area contributed by atoms with Crippen LogP contribution in [-0.4, -0.2) is 42.7 Å². The summed E-state index contributed by atoms with van der Waals surface area (Å²) in [6.45, 7) is 4.93. The summed E-state index contributed by atoms with van der Waals surface area (Å²) >= 11 is 0. The fourth-order valence-electron chi connectivity index (χ4n) is 2.84. The lowest BCUT2D eigenvalue weighted by Gasteiger charge is -2.28. The van der Waals surface area contributed by atoms with E-state index in [9.17, 15) is 8.42 Å². The van der Waals surface area contributed by atoms with Gasteiger partial charge in [-0.2, -0.15) is 0 Å². The van der Waals surface area contributed by atoms with Gasteiger partial charge in [0.2, 0.25) is 15.0 Å². The first-order valence-corrected chi connectivity index (χ1v) is 9.84. The summed E-state index contributed by atoms with van der Waals surface area (Å²) in [6.07, 6.45) is 3.49. The van der Waals surface area contributed by atoms with Gasteiger partial charge >= 0.3 is 0 Å². The standard InChI is InChI=1S/C17H21N3O3S/c1-3-23-16-7-5-4-6-13(16)11-20-9-8-15-14(12-20)10-18-17(19-15)24(2,21)22/h4-7,10H,3,8-9,11-12H2,1-2H3. The van der Waals surface area contributed by atoms with Gasteiger partial charge in [0.05, 0.1) is 12.3 Å². The van der Waals surface area contributed by atoms with Crippen LogP contribution in [0.3, 0.4) is 0 Å². The minimum Gasteiger partial charge on any atom is -0.494 e. The van der Waals surface area contributed by atoms with E-state index in [0.717, 1.165) is 48.3 Å². The summed E-state index contributed by atoms with van der Waals surface area (Å²) in [7, 11) is -3.36. The summed E-state index contributed by atoms with van der Waals surface area (Å²) in [5.41, 5.74) is 2.97. The molecule has 1 aromatic carbocycles. The van der Waals surface area contributed by atoms with E-state index < -0.39 is 9.84 Å². The molecular weight excluding hydrogens is 326 g/mol. The van der Waals surface area contributed by atoms with Crippen LogP contribution in [0.15, 0.2) is 35.6 Å². The average Bonchev–Trinajstić information content (AvgIpc) is 2.55. The molecule has 0 saturated heterocycles. The van der Waals surface area contributed by atoms with Crippen molar-refractivity contribution in [2.75, 3.05) is 19.4 Å². The number of benzene rings is 1. The van der Waals surface area contributed by atoms with E-state index in [1.807, 2.05) is 25.1 Å². The normalized spacial score (nSPS) is 15.1. The van der Waals surface area contributed by atoms with E-state index in [-0.39, 0.29) is 5.16 Å². The summed E-state index contributed by atoms with van der Waals surface area (Å²) < 4.78 is 28.8. The Morgan fingerprint density at radius 1 is 1.29 bits per heavy atom. The Balaban J connectivity index is 1.76. The summed E-state index contributed by atoms with van der Waals surface area (Å²) in [6, 6.07) is 8.04. The van der Waals surface area contributed by atoms with Crippen LogP contribution in [0.4, 0.5) is 0 Å². The molecule has 0 fully saturated rings. The Hall–Kier alpha value is -1.99. The Morgan fingerprint density at radius 2 is 2.08 bits per heavy atom. The van der Waals surface area contributed by atoms with E-state index >= 15 is 0 Å². The van der Waals surface area contributed by atoms with Crippen molar-refractivity contribution in [1.29, 1.82) is 0 Å². The van der Waals surface area contributed by atoms with Crippen LogP contribution in [0.25, 0.3) is 0 Å². The maximum atomic E-state index is 11.6. The maximum Gasteiger partial charge on any atom is 0.246 e. The first-order valence-electron chi connectivity index (χ1n) is 7.95. The fraction of sp³-hybridized carbons (Fsp3) is 0.412. The number of rotatable bonds is 5. The van der Waals surface area contributed by atoms with Crippen molar-refractivity contribution in [3.8, 4) is 5.75 Å². The molecule has 24 heavy (non-hydrogen) atoms. The Labute approximate surface area is 142 Å². The summed E-state index contributed by atoms with van der Waals surface area (Å²) in [5.74, 6) is 0.912. The average molecular weight is 347 g/mol. The van der Waals surface area contributed by atoms with Gasteiger partial charge in [-0.05, 0) is 13.0 Å². The van der Waals surface area contributed by atoms with Crippen LogP contribution in [0.2, 0.25) is 0 Å². The molecule has 0 unspecified atom stereocenters. The molecule has 1 aromatic heterocycles. The molecule has 0 amide bonds. The molecule has 0 bridgehead atoms. The summed E-state index contributed by atoms with van der Waals surface area (Å²) in [5, 5.41) is -0.0867. The first-order chi connectivity index (χ1) is 11.5. The SMILES string of the molecule is CCOc1ccccc1CN1CCc2nc(S(C)(=O)=O)ncc2C1. The van der Waals surface area contributed by atoms with E-state index in [1.165, 1.54) is 0 Å². The Kier molecular flexibility index (Phi) is 4.82. The zero-order valence-corrected chi connectivity index (χ0v) is 14.7. The zero-order valence-electron chi connectivity index (χ0n) is 13.9. The van der Waals surface area contributed by atoms with Gasteiger partial charge < -0.3 is 4.74 Å². The Morgan fingerprint density at radius 3 is 2.83 bits per heavy atom. The minimum absolute atomic E-state index is 0.0867. The molecular formula is C17H21N3O3S. The predicted molar refractivity (Wildman–Crippen MR) is 90.6 cm³/mol. The predicted octanol–water partition coefficient (Wildman–Crippen LogP) is 1.84. The molecule has 0 atom stereocenters. The van der Waals surface area contributed by atoms with E-state index in [2.05, 4.69) is 20.9 Å². The zero-order chi connectivity index (χ0) is 17.2. The van der Waals surface area contributed by atoms with Gasteiger partial charge in [0.15, 0.2) is 0 Å².